The summed E-state index contributed by atoms with van der Waals surface area (Å²) in [5.74, 6) is -3.72. The van der Waals surface area contributed by atoms with Crippen molar-refractivity contribution in [2.75, 3.05) is 17.7 Å². The molecule has 1 saturated heterocycles. The summed E-state index contributed by atoms with van der Waals surface area (Å²) in [5, 5.41) is 6.68. The zero-order valence-electron chi connectivity index (χ0n) is 21.5. The van der Waals surface area contributed by atoms with Crippen LogP contribution in [0.15, 0.2) is 42.9 Å². The molecule has 3 heterocycles. The first-order valence-electron chi connectivity index (χ1n) is 12.1. The lowest BCUT2D eigenvalue weighted by molar-refractivity contribution is -0.156. The first-order valence-corrected chi connectivity index (χ1v) is 12.1. The number of halogens is 2. The van der Waals surface area contributed by atoms with E-state index in [2.05, 4.69) is 15.4 Å². The normalized spacial score (nSPS) is 17.6. The summed E-state index contributed by atoms with van der Waals surface area (Å²) in [6.07, 6.45) is 4.99. The number of likely N-dealkylation sites (N-methyl/N-ethyl adjacent to an activating group) is 1. The molecule has 1 unspecified atom stereocenters. The second kappa shape index (κ2) is 10.6. The molecule has 0 aliphatic carbocycles. The van der Waals surface area contributed by atoms with E-state index in [1.54, 1.807) is 32.3 Å². The van der Waals surface area contributed by atoms with Crippen LogP contribution in [0.25, 0.3) is 0 Å². The molecule has 3 aromatic rings. The van der Waals surface area contributed by atoms with Gasteiger partial charge in [-0.25, -0.2) is 18.6 Å². The smallest absolute Gasteiger partial charge is 0.325 e. The molecule has 1 aliphatic rings. The molecule has 0 radical (unpaired) electrons. The van der Waals surface area contributed by atoms with Gasteiger partial charge in [-0.15, -0.1) is 0 Å². The summed E-state index contributed by atoms with van der Waals surface area (Å²) >= 11 is 0. The van der Waals surface area contributed by atoms with Gasteiger partial charge in [0.15, 0.2) is 11.6 Å². The van der Waals surface area contributed by atoms with Crippen molar-refractivity contribution in [3.63, 3.8) is 0 Å². The molecule has 4 amide bonds. The Balaban J connectivity index is 1.62. The fourth-order valence-corrected chi connectivity index (χ4v) is 4.59. The molecule has 12 heteroatoms. The third-order valence-corrected chi connectivity index (χ3v) is 6.78. The number of rotatable bonds is 7. The van der Waals surface area contributed by atoms with Crippen molar-refractivity contribution in [1.82, 2.24) is 25.0 Å². The zero-order valence-corrected chi connectivity index (χ0v) is 21.5. The van der Waals surface area contributed by atoms with E-state index in [-0.39, 0.29) is 29.8 Å². The van der Waals surface area contributed by atoms with E-state index in [1.807, 2.05) is 0 Å². The number of hydrogen-bond acceptors (Lipinski definition) is 6. The quantitative estimate of drug-likeness (QED) is 0.457. The summed E-state index contributed by atoms with van der Waals surface area (Å²) in [6.45, 7) is 3.13. The number of aryl methyl sites for hydroxylation is 2. The van der Waals surface area contributed by atoms with Gasteiger partial charge in [0.1, 0.15) is 11.9 Å². The Kier molecular flexibility index (Phi) is 7.42. The minimum Gasteiger partial charge on any atom is -0.384 e. The maximum absolute atomic E-state index is 14.7. The van der Waals surface area contributed by atoms with Crippen LogP contribution < -0.4 is 16.0 Å². The maximum Gasteiger partial charge on any atom is 0.325 e. The van der Waals surface area contributed by atoms with Gasteiger partial charge in [-0.2, -0.15) is 5.10 Å². The summed E-state index contributed by atoms with van der Waals surface area (Å²) < 4.78 is 30.4. The first-order chi connectivity index (χ1) is 18.0. The van der Waals surface area contributed by atoms with Crippen molar-refractivity contribution in [1.29, 1.82) is 0 Å². The number of nitrogen functional groups attached to an aromatic ring is 1. The number of anilines is 2. The number of carbonyl (C=O) groups excluding carboxylic acids is 3. The summed E-state index contributed by atoms with van der Waals surface area (Å²) in [5.41, 5.74) is 7.02. The molecule has 200 valence electrons. The van der Waals surface area contributed by atoms with Crippen molar-refractivity contribution in [3.8, 4) is 0 Å². The number of urea groups is 1. The van der Waals surface area contributed by atoms with Crippen LogP contribution in [0.1, 0.15) is 36.1 Å². The van der Waals surface area contributed by atoms with Crippen molar-refractivity contribution in [2.45, 2.75) is 38.8 Å². The van der Waals surface area contributed by atoms with Crippen molar-refractivity contribution < 1.29 is 23.2 Å². The average Bonchev–Trinajstić information content (AvgIpc) is 3.33. The Morgan fingerprint density at radius 2 is 1.97 bits per heavy atom. The lowest BCUT2D eigenvalue weighted by Gasteiger charge is -2.46. The predicted octanol–water partition coefficient (Wildman–Crippen LogP) is 2.88. The fraction of sp³-hybridized carbons (Fsp3) is 0.346. The number of benzene rings is 1. The molecule has 38 heavy (non-hydrogen) atoms. The molecule has 2 aromatic heterocycles. The van der Waals surface area contributed by atoms with Gasteiger partial charge >= 0.3 is 6.03 Å². The monoisotopic (exact) mass is 525 g/mol. The molecular weight excluding hydrogens is 496 g/mol. The fourth-order valence-electron chi connectivity index (χ4n) is 4.59. The van der Waals surface area contributed by atoms with E-state index in [0.29, 0.717) is 11.3 Å². The lowest BCUT2D eigenvalue weighted by atomic mass is 9.81. The van der Waals surface area contributed by atoms with Gasteiger partial charge in [-0.1, -0.05) is 19.1 Å². The third kappa shape index (κ3) is 4.93. The number of amides is 4. The number of β-lactam (4-membered cyclic amide) rings is 1. The van der Waals surface area contributed by atoms with Crippen LogP contribution >= 0.6 is 0 Å². The Bertz CT molecular complexity index is 1390. The molecule has 0 spiro atoms. The minimum absolute atomic E-state index is 0.0453. The molecule has 0 saturated carbocycles. The van der Waals surface area contributed by atoms with Crippen LogP contribution in [0, 0.1) is 24.5 Å². The average molecular weight is 526 g/mol. The second-order valence-electron chi connectivity index (χ2n) is 9.33. The van der Waals surface area contributed by atoms with Gasteiger partial charge in [0.2, 0.25) is 5.91 Å². The molecule has 1 aliphatic heterocycles. The molecule has 0 bridgehead atoms. The number of carbonyl (C=O) groups is 3. The van der Waals surface area contributed by atoms with Crippen molar-refractivity contribution in [3.05, 3.63) is 71.2 Å². The Labute approximate surface area is 218 Å². The summed E-state index contributed by atoms with van der Waals surface area (Å²) in [6, 6.07) is 3.17. The van der Waals surface area contributed by atoms with Crippen LogP contribution in [0.2, 0.25) is 0 Å². The number of pyridine rings is 1. The van der Waals surface area contributed by atoms with E-state index >= 15 is 0 Å². The standard InChI is InChI=1S/C26H29F2N7O3/c1-5-19(17-7-6-14(2)21(27)22(17)28)32-26(38)35-23(25(37)34(4)16-12-31-33(3)13-16)18(24(35)36)10-15-8-9-30-20(29)11-15/h6-9,11-13,18-19,23H,5,10H2,1-4H3,(H2,29,30)(H,32,38)/t18-,19?,23+/m1/s1. The summed E-state index contributed by atoms with van der Waals surface area (Å²) in [7, 11) is 3.22. The Morgan fingerprint density at radius 1 is 1.24 bits per heavy atom. The second-order valence-corrected chi connectivity index (χ2v) is 9.33. The van der Waals surface area contributed by atoms with E-state index in [0.717, 1.165) is 4.90 Å². The number of imide groups is 1. The third-order valence-electron chi connectivity index (χ3n) is 6.78. The molecule has 3 N–H and O–H groups in total. The molecule has 3 atom stereocenters. The zero-order chi connectivity index (χ0) is 27.7. The minimum atomic E-state index is -1.14. The van der Waals surface area contributed by atoms with Gasteiger partial charge in [-0.3, -0.25) is 19.2 Å². The van der Waals surface area contributed by atoms with Gasteiger partial charge in [-0.05, 0) is 43.0 Å². The van der Waals surface area contributed by atoms with Crippen molar-refractivity contribution >= 4 is 29.4 Å². The number of nitrogens with two attached hydrogens (primary N) is 1. The molecular formula is C26H29F2N7O3. The van der Waals surface area contributed by atoms with Crippen LogP contribution in [0.5, 0.6) is 0 Å². The van der Waals surface area contributed by atoms with Gasteiger partial charge in [0.25, 0.3) is 5.91 Å². The van der Waals surface area contributed by atoms with E-state index in [9.17, 15) is 23.2 Å². The largest absolute Gasteiger partial charge is 0.384 e. The number of nitrogens with zero attached hydrogens (tertiary/aromatic N) is 5. The highest BCUT2D eigenvalue weighted by molar-refractivity contribution is 6.12. The van der Waals surface area contributed by atoms with E-state index in [1.165, 1.54) is 48.1 Å². The Morgan fingerprint density at radius 3 is 2.61 bits per heavy atom. The van der Waals surface area contributed by atoms with E-state index in [4.69, 9.17) is 5.73 Å². The highest BCUT2D eigenvalue weighted by Gasteiger charge is 2.55. The number of hydrogen-bond donors (Lipinski definition) is 2. The molecule has 1 fully saturated rings. The van der Waals surface area contributed by atoms with Crippen LogP contribution in [0.4, 0.5) is 25.1 Å². The highest BCUT2D eigenvalue weighted by Crippen LogP contribution is 2.34. The molecule has 1 aromatic carbocycles. The number of likely N-dealkylation sites (tertiary alicyclic amines) is 1. The highest BCUT2D eigenvalue weighted by atomic mass is 19.2. The first kappa shape index (κ1) is 26.7. The lowest BCUT2D eigenvalue weighted by Crippen LogP contribution is -2.70. The van der Waals surface area contributed by atoms with Crippen LogP contribution in [-0.2, 0) is 23.1 Å². The van der Waals surface area contributed by atoms with Gasteiger partial charge in [0, 0.05) is 32.1 Å². The predicted molar refractivity (Wildman–Crippen MR) is 136 cm³/mol. The SMILES string of the molecule is CCC(NC(=O)N1C(=O)[C@H](Cc2ccnc(N)c2)[C@H]1C(=O)N(C)c1cnn(C)c1)c1ccc(C)c(F)c1F. The molecule has 4 rings (SSSR count). The number of nitrogens with one attached hydrogen (secondary N) is 1. The number of aromatic nitrogens is 3. The van der Waals surface area contributed by atoms with Crippen molar-refractivity contribution in [2.24, 2.45) is 13.0 Å². The summed E-state index contributed by atoms with van der Waals surface area (Å²) in [4.78, 5) is 46.3. The van der Waals surface area contributed by atoms with E-state index < -0.39 is 47.5 Å². The molecule has 10 nitrogen and oxygen atoms in total. The maximum atomic E-state index is 14.7. The van der Waals surface area contributed by atoms with Gasteiger partial charge in [0.05, 0.1) is 23.8 Å². The topological polar surface area (TPSA) is 126 Å². The Hall–Kier alpha value is -4.35. The van der Waals surface area contributed by atoms with Crippen LogP contribution in [0.3, 0.4) is 0 Å². The van der Waals surface area contributed by atoms with Crippen LogP contribution in [-0.4, -0.2) is 50.6 Å². The van der Waals surface area contributed by atoms with Gasteiger partial charge < -0.3 is 16.0 Å².